The number of benzene rings is 1. The lowest BCUT2D eigenvalue weighted by molar-refractivity contribution is 0.218. The summed E-state index contributed by atoms with van der Waals surface area (Å²) in [6, 6.07) is 4.40. The van der Waals surface area contributed by atoms with E-state index in [1.807, 2.05) is 11.8 Å². The van der Waals surface area contributed by atoms with Gasteiger partial charge in [0.15, 0.2) is 9.84 Å². The second kappa shape index (κ2) is 5.75. The Morgan fingerprint density at radius 2 is 2.20 bits per heavy atom. The van der Waals surface area contributed by atoms with Gasteiger partial charge in [0.25, 0.3) is 0 Å². The second-order valence-corrected chi connectivity index (χ2v) is 7.81. The Labute approximate surface area is 123 Å². The molecule has 0 bridgehead atoms. The summed E-state index contributed by atoms with van der Waals surface area (Å²) in [6.45, 7) is 2.82. The first kappa shape index (κ1) is 15.3. The normalized spacial score (nSPS) is 22.6. The van der Waals surface area contributed by atoms with Crippen molar-refractivity contribution in [2.75, 3.05) is 18.1 Å². The number of sulfone groups is 1. The zero-order valence-corrected chi connectivity index (χ0v) is 12.8. The standard InChI is InChI=1S/C13H17FN2O2S2/c1-9-8-20(17,18)3-2-16(9)7-10-4-11(13(15)19)6-12(14)5-10/h4-6,9H,2-3,7-8H2,1H3,(H2,15,19). The average Bonchev–Trinajstić information content (AvgIpc) is 2.31. The molecule has 0 radical (unpaired) electrons. The van der Waals surface area contributed by atoms with Gasteiger partial charge in [0.1, 0.15) is 10.8 Å². The molecule has 1 atom stereocenters. The van der Waals surface area contributed by atoms with E-state index >= 15 is 0 Å². The Morgan fingerprint density at radius 1 is 1.50 bits per heavy atom. The van der Waals surface area contributed by atoms with Crippen LogP contribution < -0.4 is 5.73 Å². The predicted molar refractivity (Wildman–Crippen MR) is 80.8 cm³/mol. The first-order valence-corrected chi connectivity index (χ1v) is 8.53. The summed E-state index contributed by atoms with van der Waals surface area (Å²) in [5.74, 6) is -0.0955. The molecule has 0 aromatic heterocycles. The predicted octanol–water partition coefficient (Wildman–Crippen LogP) is 1.08. The van der Waals surface area contributed by atoms with E-state index in [4.69, 9.17) is 18.0 Å². The van der Waals surface area contributed by atoms with Gasteiger partial charge in [0.05, 0.1) is 11.5 Å². The molecule has 2 N–H and O–H groups in total. The minimum absolute atomic E-state index is 0.0784. The Morgan fingerprint density at radius 3 is 2.80 bits per heavy atom. The number of rotatable bonds is 3. The molecule has 1 aromatic rings. The molecule has 1 fully saturated rings. The van der Waals surface area contributed by atoms with Crippen molar-refractivity contribution in [3.8, 4) is 0 Å². The quantitative estimate of drug-likeness (QED) is 0.846. The molecule has 1 aliphatic heterocycles. The summed E-state index contributed by atoms with van der Waals surface area (Å²) in [5, 5.41) is 0. The van der Waals surface area contributed by atoms with Gasteiger partial charge in [-0.1, -0.05) is 12.2 Å². The van der Waals surface area contributed by atoms with Crippen LogP contribution >= 0.6 is 12.2 Å². The highest BCUT2D eigenvalue weighted by Gasteiger charge is 2.28. The lowest BCUT2D eigenvalue weighted by Crippen LogP contribution is -2.46. The number of hydrogen-bond acceptors (Lipinski definition) is 4. The van der Waals surface area contributed by atoms with E-state index in [1.165, 1.54) is 12.1 Å². The maximum absolute atomic E-state index is 13.5. The van der Waals surface area contributed by atoms with Gasteiger partial charge in [-0.2, -0.15) is 0 Å². The van der Waals surface area contributed by atoms with Crippen molar-refractivity contribution in [1.82, 2.24) is 4.90 Å². The summed E-state index contributed by atoms with van der Waals surface area (Å²) in [5.41, 5.74) is 6.76. The zero-order valence-electron chi connectivity index (χ0n) is 11.2. The summed E-state index contributed by atoms with van der Waals surface area (Å²) < 4.78 is 36.6. The fourth-order valence-corrected chi connectivity index (χ4v) is 4.13. The number of nitrogens with zero attached hydrogens (tertiary/aromatic N) is 1. The van der Waals surface area contributed by atoms with Crippen LogP contribution in [0.15, 0.2) is 18.2 Å². The fourth-order valence-electron chi connectivity index (χ4n) is 2.39. The molecule has 1 aliphatic rings. The molecule has 1 aromatic carbocycles. The average molecular weight is 316 g/mol. The Balaban J connectivity index is 2.16. The largest absolute Gasteiger partial charge is 0.389 e. The monoisotopic (exact) mass is 316 g/mol. The van der Waals surface area contributed by atoms with Gasteiger partial charge < -0.3 is 5.73 Å². The van der Waals surface area contributed by atoms with Crippen molar-refractivity contribution in [1.29, 1.82) is 0 Å². The highest BCUT2D eigenvalue weighted by atomic mass is 32.2. The first-order valence-electron chi connectivity index (χ1n) is 6.30. The molecule has 110 valence electrons. The van der Waals surface area contributed by atoms with Crippen LogP contribution in [0.5, 0.6) is 0 Å². The van der Waals surface area contributed by atoms with Crippen LogP contribution in [0.4, 0.5) is 4.39 Å². The smallest absolute Gasteiger partial charge is 0.153 e. The van der Waals surface area contributed by atoms with E-state index in [-0.39, 0.29) is 28.4 Å². The van der Waals surface area contributed by atoms with Crippen LogP contribution in [-0.2, 0) is 16.4 Å². The summed E-state index contributed by atoms with van der Waals surface area (Å²) >= 11 is 4.86. The van der Waals surface area contributed by atoms with Crippen LogP contribution in [0, 0.1) is 5.82 Å². The van der Waals surface area contributed by atoms with Gasteiger partial charge in [-0.25, -0.2) is 12.8 Å². The van der Waals surface area contributed by atoms with Crippen molar-refractivity contribution in [2.24, 2.45) is 5.73 Å². The Hall–Kier alpha value is -1.05. The van der Waals surface area contributed by atoms with Crippen molar-refractivity contribution >= 4 is 27.0 Å². The molecular formula is C13H17FN2O2S2. The number of nitrogens with two attached hydrogens (primary N) is 1. The second-order valence-electron chi connectivity index (χ2n) is 5.15. The molecule has 1 saturated heterocycles. The SMILES string of the molecule is CC1CS(=O)(=O)CCN1Cc1cc(F)cc(C(N)=S)c1. The molecule has 4 nitrogen and oxygen atoms in total. The minimum atomic E-state index is -2.94. The van der Waals surface area contributed by atoms with Crippen LogP contribution in [0.1, 0.15) is 18.1 Å². The maximum Gasteiger partial charge on any atom is 0.153 e. The van der Waals surface area contributed by atoms with Crippen LogP contribution in [0.2, 0.25) is 0 Å². The van der Waals surface area contributed by atoms with Gasteiger partial charge in [-0.15, -0.1) is 0 Å². The third-order valence-corrected chi connectivity index (χ3v) is 5.47. The Bertz CT molecular complexity index is 631. The highest BCUT2D eigenvalue weighted by molar-refractivity contribution is 7.91. The van der Waals surface area contributed by atoms with Crippen LogP contribution in [0.3, 0.4) is 0 Å². The number of thiocarbonyl (C=S) groups is 1. The van der Waals surface area contributed by atoms with E-state index in [1.54, 1.807) is 6.07 Å². The van der Waals surface area contributed by atoms with Crippen molar-refractivity contribution < 1.29 is 12.8 Å². The van der Waals surface area contributed by atoms with Gasteiger partial charge in [0.2, 0.25) is 0 Å². The first-order chi connectivity index (χ1) is 9.27. The molecule has 1 unspecified atom stereocenters. The molecule has 0 aliphatic carbocycles. The lowest BCUT2D eigenvalue weighted by atomic mass is 10.1. The van der Waals surface area contributed by atoms with E-state index in [9.17, 15) is 12.8 Å². The third-order valence-electron chi connectivity index (χ3n) is 3.44. The molecule has 0 saturated carbocycles. The van der Waals surface area contributed by atoms with Crippen molar-refractivity contribution in [3.05, 3.63) is 35.1 Å². The molecule has 2 rings (SSSR count). The Kier molecular flexibility index (Phi) is 4.41. The summed E-state index contributed by atoms with van der Waals surface area (Å²) in [6.07, 6.45) is 0. The van der Waals surface area contributed by atoms with Gasteiger partial charge in [-0.3, -0.25) is 4.90 Å². The lowest BCUT2D eigenvalue weighted by Gasteiger charge is -2.33. The molecule has 0 amide bonds. The third kappa shape index (κ3) is 3.74. The molecule has 7 heteroatoms. The van der Waals surface area contributed by atoms with E-state index in [2.05, 4.69) is 0 Å². The highest BCUT2D eigenvalue weighted by Crippen LogP contribution is 2.17. The van der Waals surface area contributed by atoms with Crippen molar-refractivity contribution in [2.45, 2.75) is 19.5 Å². The molecular weight excluding hydrogens is 299 g/mol. The summed E-state index contributed by atoms with van der Waals surface area (Å²) in [7, 11) is -2.94. The molecule has 0 spiro atoms. The molecule has 1 heterocycles. The summed E-state index contributed by atoms with van der Waals surface area (Å²) in [4.78, 5) is 2.18. The minimum Gasteiger partial charge on any atom is -0.389 e. The van der Waals surface area contributed by atoms with E-state index in [0.29, 0.717) is 18.7 Å². The zero-order chi connectivity index (χ0) is 14.9. The number of hydrogen-bond donors (Lipinski definition) is 1. The van der Waals surface area contributed by atoms with Gasteiger partial charge in [-0.05, 0) is 30.7 Å². The van der Waals surface area contributed by atoms with Crippen LogP contribution in [0.25, 0.3) is 0 Å². The van der Waals surface area contributed by atoms with E-state index in [0.717, 1.165) is 5.56 Å². The van der Waals surface area contributed by atoms with Crippen molar-refractivity contribution in [3.63, 3.8) is 0 Å². The fraction of sp³-hybridized carbons (Fsp3) is 0.462. The number of halogens is 1. The molecule has 20 heavy (non-hydrogen) atoms. The topological polar surface area (TPSA) is 63.4 Å². The van der Waals surface area contributed by atoms with Gasteiger partial charge in [0, 0.05) is 24.7 Å². The van der Waals surface area contributed by atoms with E-state index < -0.39 is 9.84 Å². The van der Waals surface area contributed by atoms with Gasteiger partial charge >= 0.3 is 0 Å². The maximum atomic E-state index is 13.5. The van der Waals surface area contributed by atoms with Crippen LogP contribution in [-0.4, -0.2) is 42.4 Å².